The third kappa shape index (κ3) is 2.54. The first-order chi connectivity index (χ1) is 6.06. The van der Waals surface area contributed by atoms with E-state index in [1.54, 1.807) is 11.9 Å². The molecule has 13 heavy (non-hydrogen) atoms. The molecule has 0 atom stereocenters. The number of nitrogens with zero attached hydrogens (tertiary/aromatic N) is 1. The lowest BCUT2D eigenvalue weighted by Gasteiger charge is -2.12. The number of carbonyl (C=O) groups excluding carboxylic acids is 1. The van der Waals surface area contributed by atoms with Crippen LogP contribution in [0.5, 0.6) is 0 Å². The molecule has 0 aliphatic carbocycles. The molecule has 0 unspecified atom stereocenters. The normalized spacial score (nSPS) is 10.2. The van der Waals surface area contributed by atoms with Crippen LogP contribution in [0.2, 0.25) is 0 Å². The standard InChI is InChI=1S/C8H9Br2NOS/c1-3-11(2)8(12)6-4-5(9)7(10)13-6/h4H,3H2,1-2H3. The summed E-state index contributed by atoms with van der Waals surface area (Å²) in [7, 11) is 1.80. The number of carbonyl (C=O) groups is 1. The maximum absolute atomic E-state index is 11.6. The van der Waals surface area contributed by atoms with Gasteiger partial charge in [-0.25, -0.2) is 0 Å². The van der Waals surface area contributed by atoms with Crippen LogP contribution in [-0.4, -0.2) is 24.4 Å². The molecule has 0 saturated heterocycles. The number of hydrogen-bond donors (Lipinski definition) is 0. The minimum Gasteiger partial charge on any atom is -0.341 e. The molecule has 0 spiro atoms. The maximum Gasteiger partial charge on any atom is 0.263 e. The molecule has 1 aromatic heterocycles. The molecule has 1 amide bonds. The molecular weight excluding hydrogens is 318 g/mol. The Hall–Kier alpha value is 0.130. The van der Waals surface area contributed by atoms with E-state index in [1.807, 2.05) is 13.0 Å². The Bertz CT molecular complexity index is 304. The maximum atomic E-state index is 11.6. The summed E-state index contributed by atoms with van der Waals surface area (Å²) in [6, 6.07) is 1.84. The highest BCUT2D eigenvalue weighted by atomic mass is 79.9. The smallest absolute Gasteiger partial charge is 0.263 e. The number of halogens is 2. The minimum atomic E-state index is 0.0684. The molecule has 0 aliphatic rings. The van der Waals surface area contributed by atoms with Crippen LogP contribution in [0.4, 0.5) is 0 Å². The fraction of sp³-hybridized carbons (Fsp3) is 0.375. The largest absolute Gasteiger partial charge is 0.341 e. The highest BCUT2D eigenvalue weighted by Gasteiger charge is 2.14. The van der Waals surface area contributed by atoms with Crippen molar-refractivity contribution in [1.29, 1.82) is 0 Å². The van der Waals surface area contributed by atoms with Gasteiger partial charge in [-0.05, 0) is 44.8 Å². The summed E-state index contributed by atoms with van der Waals surface area (Å²) in [5.74, 6) is 0.0684. The minimum absolute atomic E-state index is 0.0684. The average molecular weight is 327 g/mol. The lowest BCUT2D eigenvalue weighted by atomic mass is 10.4. The highest BCUT2D eigenvalue weighted by molar-refractivity contribution is 9.13. The van der Waals surface area contributed by atoms with Gasteiger partial charge in [0.05, 0.1) is 8.66 Å². The van der Waals surface area contributed by atoms with Gasteiger partial charge in [-0.3, -0.25) is 4.79 Å². The molecule has 0 radical (unpaired) electrons. The van der Waals surface area contributed by atoms with Crippen molar-refractivity contribution < 1.29 is 4.79 Å². The molecule has 0 saturated carbocycles. The van der Waals surface area contributed by atoms with E-state index < -0.39 is 0 Å². The van der Waals surface area contributed by atoms with Crippen molar-refractivity contribution in [2.75, 3.05) is 13.6 Å². The summed E-state index contributed by atoms with van der Waals surface area (Å²) in [5.41, 5.74) is 0. The molecule has 1 rings (SSSR count). The second-order valence-corrected chi connectivity index (χ2v) is 5.78. The van der Waals surface area contributed by atoms with Crippen LogP contribution in [0.3, 0.4) is 0 Å². The Labute approximate surface area is 98.2 Å². The van der Waals surface area contributed by atoms with E-state index in [9.17, 15) is 4.79 Å². The van der Waals surface area contributed by atoms with Crippen molar-refractivity contribution >= 4 is 49.1 Å². The molecule has 72 valence electrons. The summed E-state index contributed by atoms with van der Waals surface area (Å²) in [4.78, 5) is 14.1. The molecule has 2 nitrogen and oxygen atoms in total. The molecule has 0 fully saturated rings. The molecule has 0 bridgehead atoms. The average Bonchev–Trinajstić information content (AvgIpc) is 2.44. The number of hydrogen-bond acceptors (Lipinski definition) is 2. The molecule has 0 aliphatic heterocycles. The Balaban J connectivity index is 2.89. The zero-order valence-corrected chi connectivity index (χ0v) is 11.3. The van der Waals surface area contributed by atoms with E-state index in [0.717, 1.165) is 19.7 Å². The summed E-state index contributed by atoms with van der Waals surface area (Å²) in [6.07, 6.45) is 0. The zero-order valence-electron chi connectivity index (χ0n) is 7.30. The van der Waals surface area contributed by atoms with Crippen molar-refractivity contribution in [1.82, 2.24) is 4.90 Å². The van der Waals surface area contributed by atoms with Crippen LogP contribution in [0.25, 0.3) is 0 Å². The number of amides is 1. The van der Waals surface area contributed by atoms with E-state index in [-0.39, 0.29) is 5.91 Å². The third-order valence-corrected chi connectivity index (χ3v) is 4.92. The van der Waals surface area contributed by atoms with Gasteiger partial charge in [-0.15, -0.1) is 11.3 Å². The Kier molecular flexibility index (Phi) is 3.94. The van der Waals surface area contributed by atoms with E-state index >= 15 is 0 Å². The fourth-order valence-electron chi connectivity index (χ4n) is 0.784. The summed E-state index contributed by atoms with van der Waals surface area (Å²) >= 11 is 8.15. The van der Waals surface area contributed by atoms with Crippen LogP contribution in [0.1, 0.15) is 16.6 Å². The molecule has 1 aromatic rings. The van der Waals surface area contributed by atoms with Gasteiger partial charge >= 0.3 is 0 Å². The SMILES string of the molecule is CCN(C)C(=O)c1cc(Br)c(Br)s1. The van der Waals surface area contributed by atoms with Crippen LogP contribution in [-0.2, 0) is 0 Å². The first kappa shape index (κ1) is 11.2. The van der Waals surface area contributed by atoms with Crippen LogP contribution in [0.15, 0.2) is 14.3 Å². The van der Waals surface area contributed by atoms with Gasteiger partial charge in [-0.1, -0.05) is 0 Å². The third-order valence-electron chi connectivity index (χ3n) is 1.68. The predicted octanol–water partition coefficient (Wildman–Crippen LogP) is 3.37. The first-order valence-corrected chi connectivity index (χ1v) is 6.16. The monoisotopic (exact) mass is 325 g/mol. The Morgan fingerprint density at radius 1 is 1.62 bits per heavy atom. The van der Waals surface area contributed by atoms with E-state index in [4.69, 9.17) is 0 Å². The second-order valence-electron chi connectivity index (χ2n) is 2.55. The second kappa shape index (κ2) is 4.57. The van der Waals surface area contributed by atoms with Crippen molar-refractivity contribution in [2.24, 2.45) is 0 Å². The first-order valence-electron chi connectivity index (χ1n) is 3.76. The zero-order chi connectivity index (χ0) is 10.0. The highest BCUT2D eigenvalue weighted by Crippen LogP contribution is 2.32. The van der Waals surface area contributed by atoms with Crippen molar-refractivity contribution in [3.8, 4) is 0 Å². The van der Waals surface area contributed by atoms with Gasteiger partial charge in [0.15, 0.2) is 0 Å². The van der Waals surface area contributed by atoms with E-state index in [1.165, 1.54) is 11.3 Å². The molecule has 1 heterocycles. The fourth-order valence-corrected chi connectivity index (χ4v) is 2.81. The van der Waals surface area contributed by atoms with Crippen molar-refractivity contribution in [3.63, 3.8) is 0 Å². The number of rotatable bonds is 2. The lowest BCUT2D eigenvalue weighted by Crippen LogP contribution is -2.25. The van der Waals surface area contributed by atoms with Crippen LogP contribution >= 0.6 is 43.2 Å². The van der Waals surface area contributed by atoms with Gasteiger partial charge < -0.3 is 4.90 Å². The van der Waals surface area contributed by atoms with Gasteiger partial charge in [0, 0.05) is 18.1 Å². The van der Waals surface area contributed by atoms with Gasteiger partial charge in [0.2, 0.25) is 0 Å². The van der Waals surface area contributed by atoms with Gasteiger partial charge in [0.25, 0.3) is 5.91 Å². The summed E-state index contributed by atoms with van der Waals surface area (Å²) < 4.78 is 1.89. The topological polar surface area (TPSA) is 20.3 Å². The quantitative estimate of drug-likeness (QED) is 0.816. The van der Waals surface area contributed by atoms with E-state index in [0.29, 0.717) is 0 Å². The summed E-state index contributed by atoms with van der Waals surface area (Å²) in [5, 5.41) is 0. The van der Waals surface area contributed by atoms with Crippen LogP contribution < -0.4 is 0 Å². The van der Waals surface area contributed by atoms with Crippen molar-refractivity contribution in [3.05, 3.63) is 19.2 Å². The molecule has 0 aromatic carbocycles. The van der Waals surface area contributed by atoms with Crippen molar-refractivity contribution in [2.45, 2.75) is 6.92 Å². The Morgan fingerprint density at radius 3 is 2.62 bits per heavy atom. The summed E-state index contributed by atoms with van der Waals surface area (Å²) in [6.45, 7) is 2.68. The molecular formula is C8H9Br2NOS. The molecule has 5 heteroatoms. The number of thiophene rings is 1. The predicted molar refractivity (Wildman–Crippen MR) is 62.4 cm³/mol. The van der Waals surface area contributed by atoms with Gasteiger partial charge in [-0.2, -0.15) is 0 Å². The molecule has 0 N–H and O–H groups in total. The van der Waals surface area contributed by atoms with Crippen LogP contribution in [0, 0.1) is 0 Å². The van der Waals surface area contributed by atoms with Gasteiger partial charge in [0.1, 0.15) is 0 Å². The lowest BCUT2D eigenvalue weighted by molar-refractivity contribution is 0.0807. The van der Waals surface area contributed by atoms with E-state index in [2.05, 4.69) is 31.9 Å². The Morgan fingerprint density at radius 2 is 2.23 bits per heavy atom.